The lowest BCUT2D eigenvalue weighted by Crippen LogP contribution is -2.54. The Morgan fingerprint density at radius 1 is 1.71 bits per heavy atom. The fourth-order valence-electron chi connectivity index (χ4n) is 1.68. The number of amides is 1. The monoisotopic (exact) mass is 201 g/mol. The van der Waals surface area contributed by atoms with Gasteiger partial charge in [0.05, 0.1) is 6.61 Å². The molecule has 0 aromatic rings. The molecule has 14 heavy (non-hydrogen) atoms. The van der Waals surface area contributed by atoms with Crippen molar-refractivity contribution in [2.75, 3.05) is 20.8 Å². The number of hydrazine groups is 1. The summed E-state index contributed by atoms with van der Waals surface area (Å²) in [5.74, 6) is 4.94. The molecule has 0 heterocycles. The molecule has 1 saturated carbocycles. The summed E-state index contributed by atoms with van der Waals surface area (Å²) in [6, 6.07) is 0.239. The lowest BCUT2D eigenvalue weighted by molar-refractivity contribution is -0.129. The summed E-state index contributed by atoms with van der Waals surface area (Å²) in [5, 5.41) is 0. The van der Waals surface area contributed by atoms with Gasteiger partial charge in [-0.2, -0.15) is 0 Å². The van der Waals surface area contributed by atoms with Gasteiger partial charge >= 0.3 is 0 Å². The molecule has 1 unspecified atom stereocenters. The van der Waals surface area contributed by atoms with Crippen molar-refractivity contribution in [3.05, 3.63) is 0 Å². The largest absolute Gasteiger partial charge is 0.383 e. The second kappa shape index (κ2) is 5.29. The van der Waals surface area contributed by atoms with Gasteiger partial charge in [0, 0.05) is 13.2 Å². The highest BCUT2D eigenvalue weighted by Crippen LogP contribution is 2.25. The van der Waals surface area contributed by atoms with Crippen molar-refractivity contribution in [2.45, 2.75) is 31.3 Å². The highest BCUT2D eigenvalue weighted by atomic mass is 16.5. The van der Waals surface area contributed by atoms with E-state index in [4.69, 9.17) is 10.6 Å². The van der Waals surface area contributed by atoms with Gasteiger partial charge in [-0.05, 0) is 19.9 Å². The van der Waals surface area contributed by atoms with E-state index in [-0.39, 0.29) is 11.9 Å². The van der Waals surface area contributed by atoms with Crippen LogP contribution in [0, 0.1) is 0 Å². The number of carbonyl (C=O) groups excluding carboxylic acids is 1. The van der Waals surface area contributed by atoms with Crippen molar-refractivity contribution < 1.29 is 9.53 Å². The van der Waals surface area contributed by atoms with Gasteiger partial charge in [-0.1, -0.05) is 6.42 Å². The minimum absolute atomic E-state index is 0.179. The lowest BCUT2D eigenvalue weighted by atomic mass is 9.91. The van der Waals surface area contributed by atoms with Crippen LogP contribution in [0.4, 0.5) is 0 Å². The number of hydrogen-bond acceptors (Lipinski definition) is 4. The van der Waals surface area contributed by atoms with Crippen LogP contribution in [0.15, 0.2) is 0 Å². The van der Waals surface area contributed by atoms with E-state index in [0.29, 0.717) is 12.6 Å². The number of methoxy groups -OCH3 is 1. The average molecular weight is 201 g/mol. The third-order valence-corrected chi connectivity index (χ3v) is 2.91. The Balaban J connectivity index is 2.50. The molecule has 1 amide bonds. The van der Waals surface area contributed by atoms with Crippen LogP contribution in [0.3, 0.4) is 0 Å². The second-order valence-corrected chi connectivity index (χ2v) is 3.73. The third kappa shape index (κ3) is 2.43. The van der Waals surface area contributed by atoms with Crippen LogP contribution in [0.5, 0.6) is 0 Å². The van der Waals surface area contributed by atoms with E-state index in [2.05, 4.69) is 10.3 Å². The standard InChI is InChI=1S/C9H19N3O2/c1-12(7-4-3-5-7)8(6-14-2)9(13)11-10/h7-8H,3-6,10H2,1-2H3,(H,11,13). The van der Waals surface area contributed by atoms with Crippen LogP contribution in [0.2, 0.25) is 0 Å². The summed E-state index contributed by atoms with van der Waals surface area (Å²) in [7, 11) is 3.54. The molecule has 3 N–H and O–H groups in total. The number of likely N-dealkylation sites (N-methyl/N-ethyl adjacent to an activating group) is 1. The molecular formula is C9H19N3O2. The first-order chi connectivity index (χ1) is 6.70. The second-order valence-electron chi connectivity index (χ2n) is 3.73. The Labute approximate surface area is 84.5 Å². The van der Waals surface area contributed by atoms with Crippen LogP contribution in [-0.2, 0) is 9.53 Å². The first kappa shape index (κ1) is 11.4. The van der Waals surface area contributed by atoms with E-state index in [9.17, 15) is 4.79 Å². The Hall–Kier alpha value is -0.650. The Morgan fingerprint density at radius 3 is 2.71 bits per heavy atom. The molecule has 1 fully saturated rings. The predicted octanol–water partition coefficient (Wildman–Crippen LogP) is -0.524. The van der Waals surface area contributed by atoms with Gasteiger partial charge in [0.25, 0.3) is 5.91 Å². The molecule has 0 radical (unpaired) electrons. The van der Waals surface area contributed by atoms with Crippen LogP contribution < -0.4 is 11.3 Å². The molecule has 0 aromatic carbocycles. The molecule has 1 aliphatic carbocycles. The summed E-state index contributed by atoms with van der Waals surface area (Å²) in [6.07, 6.45) is 3.57. The number of nitrogens with two attached hydrogens (primary N) is 1. The topological polar surface area (TPSA) is 67.6 Å². The maximum absolute atomic E-state index is 11.4. The van der Waals surface area contributed by atoms with Crippen molar-refractivity contribution in [1.82, 2.24) is 10.3 Å². The van der Waals surface area contributed by atoms with Gasteiger partial charge in [-0.25, -0.2) is 5.84 Å². The molecular weight excluding hydrogens is 182 g/mol. The van der Waals surface area contributed by atoms with E-state index in [0.717, 1.165) is 12.8 Å². The van der Waals surface area contributed by atoms with Crippen LogP contribution in [0.1, 0.15) is 19.3 Å². The SMILES string of the molecule is COCC(C(=O)NN)N(C)C1CCC1. The number of hydrogen-bond donors (Lipinski definition) is 2. The lowest BCUT2D eigenvalue weighted by Gasteiger charge is -2.38. The van der Waals surface area contributed by atoms with E-state index in [1.54, 1.807) is 7.11 Å². The maximum Gasteiger partial charge on any atom is 0.253 e. The van der Waals surface area contributed by atoms with Crippen molar-refractivity contribution in [3.8, 4) is 0 Å². The van der Waals surface area contributed by atoms with Crippen LogP contribution in [-0.4, -0.2) is 43.7 Å². The number of nitrogens with zero attached hydrogens (tertiary/aromatic N) is 1. The van der Waals surface area contributed by atoms with Gasteiger partial charge in [0.1, 0.15) is 6.04 Å². The zero-order chi connectivity index (χ0) is 10.6. The third-order valence-electron chi connectivity index (χ3n) is 2.91. The van der Waals surface area contributed by atoms with Gasteiger partial charge in [0.15, 0.2) is 0 Å². The predicted molar refractivity (Wildman–Crippen MR) is 53.4 cm³/mol. The first-order valence-corrected chi connectivity index (χ1v) is 4.92. The summed E-state index contributed by atoms with van der Waals surface area (Å²) in [6.45, 7) is 0.385. The fourth-order valence-corrected chi connectivity index (χ4v) is 1.68. The molecule has 5 heteroatoms. The molecule has 1 aliphatic rings. The number of nitrogens with one attached hydrogen (secondary N) is 1. The van der Waals surface area contributed by atoms with Gasteiger partial charge in [-0.15, -0.1) is 0 Å². The molecule has 0 bridgehead atoms. The minimum Gasteiger partial charge on any atom is -0.383 e. The Kier molecular flexibility index (Phi) is 4.31. The number of carbonyl (C=O) groups is 1. The van der Waals surface area contributed by atoms with Gasteiger partial charge in [-0.3, -0.25) is 15.1 Å². The van der Waals surface area contributed by atoms with Crippen molar-refractivity contribution in [3.63, 3.8) is 0 Å². The molecule has 0 spiro atoms. The molecule has 0 saturated heterocycles. The van der Waals surface area contributed by atoms with Gasteiger partial charge < -0.3 is 4.74 Å². The first-order valence-electron chi connectivity index (χ1n) is 4.92. The number of ether oxygens (including phenoxy) is 1. The summed E-state index contributed by atoms with van der Waals surface area (Å²) in [5.41, 5.74) is 2.17. The zero-order valence-corrected chi connectivity index (χ0v) is 8.82. The molecule has 1 rings (SSSR count). The molecule has 82 valence electrons. The van der Waals surface area contributed by atoms with Crippen LogP contribution >= 0.6 is 0 Å². The van der Waals surface area contributed by atoms with Crippen molar-refractivity contribution in [1.29, 1.82) is 0 Å². The van der Waals surface area contributed by atoms with Gasteiger partial charge in [0.2, 0.25) is 0 Å². The van der Waals surface area contributed by atoms with E-state index < -0.39 is 0 Å². The van der Waals surface area contributed by atoms with Crippen LogP contribution in [0.25, 0.3) is 0 Å². The van der Waals surface area contributed by atoms with Crippen molar-refractivity contribution >= 4 is 5.91 Å². The highest BCUT2D eigenvalue weighted by Gasteiger charge is 2.31. The fraction of sp³-hybridized carbons (Fsp3) is 0.889. The molecule has 0 aromatic heterocycles. The zero-order valence-electron chi connectivity index (χ0n) is 8.82. The van der Waals surface area contributed by atoms with Crippen molar-refractivity contribution in [2.24, 2.45) is 5.84 Å². The Bertz CT molecular complexity index is 194. The number of rotatable bonds is 5. The Morgan fingerprint density at radius 2 is 2.36 bits per heavy atom. The smallest absolute Gasteiger partial charge is 0.253 e. The van der Waals surface area contributed by atoms with E-state index in [1.165, 1.54) is 6.42 Å². The molecule has 1 atom stereocenters. The molecule has 5 nitrogen and oxygen atoms in total. The molecule has 0 aliphatic heterocycles. The minimum atomic E-state index is -0.268. The van der Waals surface area contributed by atoms with E-state index >= 15 is 0 Å². The maximum atomic E-state index is 11.4. The quantitative estimate of drug-likeness (QED) is 0.357. The normalized spacial score (nSPS) is 19.1. The summed E-state index contributed by atoms with van der Waals surface area (Å²) < 4.78 is 5.01. The summed E-state index contributed by atoms with van der Waals surface area (Å²) >= 11 is 0. The highest BCUT2D eigenvalue weighted by molar-refractivity contribution is 5.81. The summed E-state index contributed by atoms with van der Waals surface area (Å²) in [4.78, 5) is 13.5. The average Bonchev–Trinajstić information content (AvgIpc) is 2.10. The van der Waals surface area contributed by atoms with E-state index in [1.807, 2.05) is 7.05 Å².